The summed E-state index contributed by atoms with van der Waals surface area (Å²) in [6.45, 7) is 0. The fraction of sp³-hybridized carbons (Fsp3) is 0.0625. The molecule has 0 aliphatic heterocycles. The average Bonchev–Trinajstić information content (AvgIpc) is 2.48. The van der Waals surface area contributed by atoms with Crippen LogP contribution in [0.2, 0.25) is 5.02 Å². The van der Waals surface area contributed by atoms with E-state index in [1.54, 1.807) is 13.3 Å². The quantitative estimate of drug-likeness (QED) is 0.646. The number of nitrogens with zero attached hydrogens (tertiary/aromatic N) is 1. The average molecular weight is 272 g/mol. The zero-order chi connectivity index (χ0) is 13.5. The number of benzene rings is 2. The van der Waals surface area contributed by atoms with Crippen LogP contribution in [0.3, 0.4) is 0 Å². The Hall–Kier alpha value is -2.06. The van der Waals surface area contributed by atoms with Crippen molar-refractivity contribution in [3.8, 4) is 5.75 Å². The van der Waals surface area contributed by atoms with Crippen LogP contribution in [0.4, 0.5) is 0 Å². The predicted molar refractivity (Wildman–Crippen MR) is 79.7 cm³/mol. The van der Waals surface area contributed by atoms with Crippen molar-refractivity contribution in [2.24, 2.45) is 0 Å². The van der Waals surface area contributed by atoms with Gasteiger partial charge >= 0.3 is 0 Å². The molecular formula is C16H14ClNO. The van der Waals surface area contributed by atoms with E-state index in [9.17, 15) is 0 Å². The molecule has 2 aromatic carbocycles. The monoisotopic (exact) mass is 271 g/mol. The van der Waals surface area contributed by atoms with E-state index in [1.807, 2.05) is 60.7 Å². The van der Waals surface area contributed by atoms with Crippen LogP contribution in [-0.4, -0.2) is 12.1 Å². The van der Waals surface area contributed by atoms with Gasteiger partial charge in [0, 0.05) is 22.7 Å². The number of halogens is 1. The number of fused-ring (bicyclic) bond motifs is 1. The summed E-state index contributed by atoms with van der Waals surface area (Å²) in [4.78, 5) is 4.21. The zero-order valence-corrected chi connectivity index (χ0v) is 11.3. The molecule has 0 saturated carbocycles. The normalized spacial score (nSPS) is 9.58. The highest BCUT2D eigenvalue weighted by atomic mass is 35.5. The van der Waals surface area contributed by atoms with Gasteiger partial charge in [0.05, 0.1) is 12.6 Å². The first-order valence-electron chi connectivity index (χ1n) is 5.89. The molecule has 0 unspecified atom stereocenters. The van der Waals surface area contributed by atoms with Gasteiger partial charge in [0.1, 0.15) is 5.75 Å². The van der Waals surface area contributed by atoms with Gasteiger partial charge in [-0.05, 0) is 30.3 Å². The Morgan fingerprint density at radius 2 is 1.74 bits per heavy atom. The predicted octanol–water partition coefficient (Wildman–Crippen LogP) is 4.58. The lowest BCUT2D eigenvalue weighted by molar-refractivity contribution is 0.415. The number of hydrogen-bond donors (Lipinski definition) is 0. The second-order valence-electron chi connectivity index (χ2n) is 3.86. The largest absolute Gasteiger partial charge is 0.497 e. The standard InChI is InChI=1S/C10H9NO.C6H5Cl/c1-12-9-5-4-8-3-2-6-11-10(8)7-9;7-6-4-2-1-3-5-6/h2-7H,1H3;1-5H. The molecule has 0 fully saturated rings. The van der Waals surface area contributed by atoms with Gasteiger partial charge in [0.15, 0.2) is 0 Å². The number of aromatic nitrogens is 1. The molecule has 0 bridgehead atoms. The third kappa shape index (κ3) is 3.97. The molecule has 3 heteroatoms. The van der Waals surface area contributed by atoms with E-state index < -0.39 is 0 Å². The number of hydrogen-bond acceptors (Lipinski definition) is 2. The van der Waals surface area contributed by atoms with E-state index in [1.165, 1.54) is 0 Å². The molecule has 3 aromatic rings. The fourth-order valence-corrected chi connectivity index (χ4v) is 1.73. The van der Waals surface area contributed by atoms with E-state index in [0.29, 0.717) is 0 Å². The molecule has 2 nitrogen and oxygen atoms in total. The van der Waals surface area contributed by atoms with Crippen LogP contribution in [0.1, 0.15) is 0 Å². The first-order chi connectivity index (χ1) is 9.29. The lowest BCUT2D eigenvalue weighted by Gasteiger charge is -2.00. The highest BCUT2D eigenvalue weighted by Gasteiger charge is 1.94. The van der Waals surface area contributed by atoms with Crippen LogP contribution in [0.15, 0.2) is 66.9 Å². The van der Waals surface area contributed by atoms with Crippen LogP contribution in [0.5, 0.6) is 5.75 Å². The highest BCUT2D eigenvalue weighted by molar-refractivity contribution is 6.30. The van der Waals surface area contributed by atoms with Crippen molar-refractivity contribution in [3.05, 3.63) is 71.9 Å². The molecule has 0 spiro atoms. The van der Waals surface area contributed by atoms with E-state index in [0.717, 1.165) is 21.7 Å². The fourth-order valence-electron chi connectivity index (χ4n) is 1.59. The Morgan fingerprint density at radius 3 is 2.37 bits per heavy atom. The lowest BCUT2D eigenvalue weighted by Crippen LogP contribution is -1.83. The topological polar surface area (TPSA) is 22.1 Å². The van der Waals surface area contributed by atoms with E-state index in [-0.39, 0.29) is 0 Å². The molecule has 1 aromatic heterocycles. The van der Waals surface area contributed by atoms with Crippen molar-refractivity contribution in [3.63, 3.8) is 0 Å². The molecule has 0 radical (unpaired) electrons. The van der Waals surface area contributed by atoms with Crippen molar-refractivity contribution < 1.29 is 4.74 Å². The molecule has 0 saturated heterocycles. The second kappa shape index (κ2) is 6.76. The summed E-state index contributed by atoms with van der Waals surface area (Å²) in [5.74, 6) is 0.848. The van der Waals surface area contributed by atoms with Gasteiger partial charge in [0.2, 0.25) is 0 Å². The van der Waals surface area contributed by atoms with Gasteiger partial charge < -0.3 is 4.74 Å². The van der Waals surface area contributed by atoms with E-state index in [4.69, 9.17) is 16.3 Å². The molecule has 0 amide bonds. The number of methoxy groups -OCH3 is 1. The molecule has 96 valence electrons. The van der Waals surface area contributed by atoms with Gasteiger partial charge in [-0.2, -0.15) is 0 Å². The summed E-state index contributed by atoms with van der Waals surface area (Å²) in [6, 6.07) is 19.3. The Morgan fingerprint density at radius 1 is 0.947 bits per heavy atom. The molecular weight excluding hydrogens is 258 g/mol. The van der Waals surface area contributed by atoms with Crippen LogP contribution in [0.25, 0.3) is 10.9 Å². The van der Waals surface area contributed by atoms with Crippen molar-refractivity contribution >= 4 is 22.5 Å². The SMILES string of the molecule is COc1ccc2cccnc2c1.Clc1ccccc1. The minimum Gasteiger partial charge on any atom is -0.497 e. The number of ether oxygens (including phenoxy) is 1. The van der Waals surface area contributed by atoms with Crippen LogP contribution < -0.4 is 4.74 Å². The summed E-state index contributed by atoms with van der Waals surface area (Å²) in [7, 11) is 1.66. The van der Waals surface area contributed by atoms with Crippen molar-refractivity contribution in [1.82, 2.24) is 4.98 Å². The summed E-state index contributed by atoms with van der Waals surface area (Å²) in [5, 5.41) is 1.93. The summed E-state index contributed by atoms with van der Waals surface area (Å²) < 4.78 is 5.08. The van der Waals surface area contributed by atoms with Crippen LogP contribution in [0, 0.1) is 0 Å². The van der Waals surface area contributed by atoms with Crippen LogP contribution >= 0.6 is 11.6 Å². The van der Waals surface area contributed by atoms with Crippen molar-refractivity contribution in [2.75, 3.05) is 7.11 Å². The van der Waals surface area contributed by atoms with Gasteiger partial charge in [-0.1, -0.05) is 35.9 Å². The maximum atomic E-state index is 5.54. The van der Waals surface area contributed by atoms with E-state index >= 15 is 0 Å². The smallest absolute Gasteiger partial charge is 0.121 e. The first kappa shape index (κ1) is 13.4. The van der Waals surface area contributed by atoms with Crippen molar-refractivity contribution in [1.29, 1.82) is 0 Å². The van der Waals surface area contributed by atoms with E-state index in [2.05, 4.69) is 4.98 Å². The molecule has 19 heavy (non-hydrogen) atoms. The van der Waals surface area contributed by atoms with Crippen LogP contribution in [-0.2, 0) is 0 Å². The van der Waals surface area contributed by atoms with Gasteiger partial charge in [-0.3, -0.25) is 4.98 Å². The van der Waals surface area contributed by atoms with Crippen molar-refractivity contribution in [2.45, 2.75) is 0 Å². The highest BCUT2D eigenvalue weighted by Crippen LogP contribution is 2.17. The lowest BCUT2D eigenvalue weighted by atomic mass is 10.2. The molecule has 0 N–H and O–H groups in total. The summed E-state index contributed by atoms with van der Waals surface area (Å²) in [6.07, 6.45) is 1.78. The molecule has 3 rings (SSSR count). The van der Waals surface area contributed by atoms with Gasteiger partial charge in [-0.15, -0.1) is 0 Å². The molecule has 0 atom stereocenters. The number of rotatable bonds is 1. The third-order valence-corrected chi connectivity index (χ3v) is 2.80. The summed E-state index contributed by atoms with van der Waals surface area (Å²) >= 11 is 5.54. The molecule has 0 aliphatic rings. The Bertz CT molecular complexity index is 640. The van der Waals surface area contributed by atoms with Gasteiger partial charge in [0.25, 0.3) is 0 Å². The maximum absolute atomic E-state index is 5.54. The zero-order valence-electron chi connectivity index (χ0n) is 10.6. The minimum atomic E-state index is 0.794. The molecule has 1 heterocycles. The Balaban J connectivity index is 0.000000163. The Kier molecular flexibility index (Phi) is 4.76. The number of pyridine rings is 1. The minimum absolute atomic E-state index is 0.794. The van der Waals surface area contributed by atoms with Gasteiger partial charge in [-0.25, -0.2) is 0 Å². The maximum Gasteiger partial charge on any atom is 0.121 e. The summed E-state index contributed by atoms with van der Waals surface area (Å²) in [5.41, 5.74) is 0.969. The second-order valence-corrected chi connectivity index (χ2v) is 4.29. The third-order valence-electron chi connectivity index (χ3n) is 2.55. The Labute approximate surface area is 117 Å². The molecule has 0 aliphatic carbocycles. The first-order valence-corrected chi connectivity index (χ1v) is 6.27.